The lowest BCUT2D eigenvalue weighted by atomic mass is 10.00. The van der Waals surface area contributed by atoms with Crippen LogP contribution in [0.25, 0.3) is 22.4 Å². The fraction of sp³-hybridized carbons (Fsp3) is 0.400. The summed E-state index contributed by atoms with van der Waals surface area (Å²) in [6, 6.07) is 5.54. The van der Waals surface area contributed by atoms with Gasteiger partial charge < -0.3 is 15.3 Å². The number of halogens is 1. The zero-order valence-corrected chi connectivity index (χ0v) is 16.6. The highest BCUT2D eigenvalue weighted by atomic mass is 19.1. The molecule has 0 aliphatic carbocycles. The Labute approximate surface area is 168 Å². The number of aromatic hydroxyl groups is 1. The van der Waals surface area contributed by atoms with E-state index in [1.165, 1.54) is 12.3 Å². The molecule has 0 amide bonds. The predicted octanol–water partition coefficient (Wildman–Crippen LogP) is 2.60. The number of phenolic OH excluding ortho intramolecular Hbond substituents is 1. The molecule has 3 heterocycles. The zero-order chi connectivity index (χ0) is 20.5. The highest BCUT2D eigenvalue weighted by Crippen LogP contribution is 2.32. The number of benzene rings is 1. The Hall–Kier alpha value is -3.07. The molecule has 9 heteroatoms. The third-order valence-corrected chi connectivity index (χ3v) is 5.22. The standard InChI is InChI=1S/C20H24FN7O/c1-11(2)17-10-28(9-12(3)24-17)20-22-8-16(25-27-20)14-5-4-13(6-18(14)29)15-7-23-26-19(15)21/h4-8,11-12,17,24,29H,9-10H2,1-3H3,(H,23,26)/t12-,17-/m1/s1. The minimum Gasteiger partial charge on any atom is -0.507 e. The molecule has 1 aromatic carbocycles. The number of anilines is 1. The van der Waals surface area contributed by atoms with Crippen molar-refractivity contribution >= 4 is 5.95 Å². The maximum absolute atomic E-state index is 13.7. The van der Waals surface area contributed by atoms with Gasteiger partial charge in [-0.2, -0.15) is 9.49 Å². The molecule has 2 atom stereocenters. The third kappa shape index (κ3) is 3.91. The van der Waals surface area contributed by atoms with Crippen molar-refractivity contribution in [2.75, 3.05) is 18.0 Å². The minimum absolute atomic E-state index is 0.0254. The van der Waals surface area contributed by atoms with Gasteiger partial charge in [0.15, 0.2) is 0 Å². The number of aromatic amines is 1. The van der Waals surface area contributed by atoms with Crippen molar-refractivity contribution in [3.05, 3.63) is 36.5 Å². The Kier molecular flexibility index (Phi) is 5.14. The molecular weight excluding hydrogens is 373 g/mol. The molecule has 1 aliphatic rings. The first-order valence-corrected chi connectivity index (χ1v) is 9.65. The predicted molar refractivity (Wildman–Crippen MR) is 108 cm³/mol. The normalized spacial score (nSPS) is 19.7. The van der Waals surface area contributed by atoms with E-state index in [1.54, 1.807) is 18.3 Å². The lowest BCUT2D eigenvalue weighted by Crippen LogP contribution is -2.57. The summed E-state index contributed by atoms with van der Waals surface area (Å²) in [6.45, 7) is 8.15. The summed E-state index contributed by atoms with van der Waals surface area (Å²) in [5.41, 5.74) is 1.75. The fourth-order valence-electron chi connectivity index (χ4n) is 3.60. The monoisotopic (exact) mass is 397 g/mol. The van der Waals surface area contributed by atoms with Gasteiger partial charge in [-0.3, -0.25) is 5.10 Å². The largest absolute Gasteiger partial charge is 0.507 e. The van der Waals surface area contributed by atoms with Gasteiger partial charge in [-0.1, -0.05) is 19.9 Å². The van der Waals surface area contributed by atoms with Crippen molar-refractivity contribution in [1.29, 1.82) is 0 Å². The number of H-pyrrole nitrogens is 1. The fourth-order valence-corrected chi connectivity index (χ4v) is 3.60. The summed E-state index contributed by atoms with van der Waals surface area (Å²) in [7, 11) is 0. The van der Waals surface area contributed by atoms with Gasteiger partial charge in [0, 0.05) is 30.7 Å². The minimum atomic E-state index is -0.548. The Bertz CT molecular complexity index is 989. The van der Waals surface area contributed by atoms with E-state index < -0.39 is 5.95 Å². The second-order valence-corrected chi connectivity index (χ2v) is 7.80. The molecule has 0 spiro atoms. The van der Waals surface area contributed by atoms with Crippen LogP contribution in [0.4, 0.5) is 10.3 Å². The Morgan fingerprint density at radius 1 is 1.17 bits per heavy atom. The molecule has 0 unspecified atom stereocenters. The summed E-state index contributed by atoms with van der Waals surface area (Å²) in [5, 5.41) is 28.5. The van der Waals surface area contributed by atoms with Crippen molar-refractivity contribution < 1.29 is 9.50 Å². The van der Waals surface area contributed by atoms with Crippen molar-refractivity contribution in [3.63, 3.8) is 0 Å². The quantitative estimate of drug-likeness (QED) is 0.622. The van der Waals surface area contributed by atoms with E-state index in [1.807, 2.05) is 0 Å². The van der Waals surface area contributed by atoms with Crippen LogP contribution in [0.3, 0.4) is 0 Å². The average Bonchev–Trinajstić information content (AvgIpc) is 3.13. The lowest BCUT2D eigenvalue weighted by molar-refractivity contribution is 0.319. The average molecular weight is 397 g/mol. The number of nitrogens with one attached hydrogen (secondary N) is 2. The Balaban J connectivity index is 1.56. The van der Waals surface area contributed by atoms with Crippen LogP contribution >= 0.6 is 0 Å². The molecule has 0 saturated carbocycles. The Morgan fingerprint density at radius 3 is 2.62 bits per heavy atom. The van der Waals surface area contributed by atoms with Gasteiger partial charge >= 0.3 is 0 Å². The molecular formula is C20H24FN7O. The number of hydrogen-bond acceptors (Lipinski definition) is 7. The summed E-state index contributed by atoms with van der Waals surface area (Å²) in [6.07, 6.45) is 2.98. The maximum atomic E-state index is 13.7. The first-order valence-electron chi connectivity index (χ1n) is 9.65. The van der Waals surface area contributed by atoms with Crippen LogP contribution in [0.2, 0.25) is 0 Å². The number of nitrogens with zero attached hydrogens (tertiary/aromatic N) is 5. The van der Waals surface area contributed by atoms with Crippen LogP contribution in [0.1, 0.15) is 20.8 Å². The SMILES string of the molecule is CC(C)[C@H]1CN(c2ncc(-c3ccc(-c4cn[nH]c4F)cc3O)nn2)C[C@@H](C)N1. The molecule has 3 aromatic rings. The summed E-state index contributed by atoms with van der Waals surface area (Å²) in [4.78, 5) is 6.61. The van der Waals surface area contributed by atoms with Crippen molar-refractivity contribution in [2.45, 2.75) is 32.9 Å². The molecule has 4 rings (SSSR count). The molecule has 3 N–H and O–H groups in total. The van der Waals surface area contributed by atoms with Crippen LogP contribution in [0, 0.1) is 11.9 Å². The second-order valence-electron chi connectivity index (χ2n) is 7.80. The van der Waals surface area contributed by atoms with Gasteiger partial charge in [0.2, 0.25) is 11.9 Å². The third-order valence-electron chi connectivity index (χ3n) is 5.22. The van der Waals surface area contributed by atoms with Crippen LogP contribution in [-0.2, 0) is 0 Å². The van der Waals surface area contributed by atoms with Crippen molar-refractivity contribution in [1.82, 2.24) is 30.7 Å². The van der Waals surface area contributed by atoms with E-state index in [0.29, 0.717) is 46.3 Å². The first kappa shape index (κ1) is 19.3. The highest BCUT2D eigenvalue weighted by molar-refractivity contribution is 5.73. The van der Waals surface area contributed by atoms with Crippen LogP contribution in [0.5, 0.6) is 5.75 Å². The van der Waals surface area contributed by atoms with Gasteiger partial charge in [-0.15, -0.1) is 10.2 Å². The number of aromatic nitrogens is 5. The van der Waals surface area contributed by atoms with E-state index in [2.05, 4.69) is 56.4 Å². The van der Waals surface area contributed by atoms with Crippen LogP contribution in [-0.4, -0.2) is 55.7 Å². The number of phenols is 1. The summed E-state index contributed by atoms with van der Waals surface area (Å²) in [5.74, 6) is 0.503. The number of rotatable bonds is 4. The maximum Gasteiger partial charge on any atom is 0.245 e. The molecule has 1 fully saturated rings. The molecule has 2 aromatic heterocycles. The van der Waals surface area contributed by atoms with E-state index in [-0.39, 0.29) is 5.75 Å². The molecule has 8 nitrogen and oxygen atoms in total. The van der Waals surface area contributed by atoms with Crippen molar-refractivity contribution in [2.24, 2.45) is 5.92 Å². The van der Waals surface area contributed by atoms with Crippen LogP contribution < -0.4 is 10.2 Å². The topological polar surface area (TPSA) is 103 Å². The molecule has 0 bridgehead atoms. The van der Waals surface area contributed by atoms with E-state index in [0.717, 1.165) is 13.1 Å². The number of hydrogen-bond donors (Lipinski definition) is 3. The van der Waals surface area contributed by atoms with Gasteiger partial charge in [-0.25, -0.2) is 4.98 Å². The molecule has 0 radical (unpaired) electrons. The van der Waals surface area contributed by atoms with Gasteiger partial charge in [0.25, 0.3) is 0 Å². The molecule has 29 heavy (non-hydrogen) atoms. The van der Waals surface area contributed by atoms with E-state index >= 15 is 0 Å². The first-order chi connectivity index (χ1) is 13.9. The Morgan fingerprint density at radius 2 is 2.00 bits per heavy atom. The molecule has 1 aliphatic heterocycles. The molecule has 152 valence electrons. The number of piperazine rings is 1. The van der Waals surface area contributed by atoms with Gasteiger partial charge in [-0.05, 0) is 30.5 Å². The second kappa shape index (κ2) is 7.75. The summed E-state index contributed by atoms with van der Waals surface area (Å²) >= 11 is 0. The van der Waals surface area contributed by atoms with Crippen LogP contribution in [0.15, 0.2) is 30.6 Å². The molecule has 1 saturated heterocycles. The zero-order valence-electron chi connectivity index (χ0n) is 16.6. The van der Waals surface area contributed by atoms with Gasteiger partial charge in [0.05, 0.1) is 18.0 Å². The van der Waals surface area contributed by atoms with E-state index in [4.69, 9.17) is 0 Å². The van der Waals surface area contributed by atoms with E-state index in [9.17, 15) is 9.50 Å². The summed E-state index contributed by atoms with van der Waals surface area (Å²) < 4.78 is 13.7. The lowest BCUT2D eigenvalue weighted by Gasteiger charge is -2.39. The van der Waals surface area contributed by atoms with Gasteiger partial charge in [0.1, 0.15) is 11.4 Å². The smallest absolute Gasteiger partial charge is 0.245 e. The highest BCUT2D eigenvalue weighted by Gasteiger charge is 2.27. The van der Waals surface area contributed by atoms with Crippen molar-refractivity contribution in [3.8, 4) is 28.1 Å².